The first-order valence-corrected chi connectivity index (χ1v) is 8.79. The topological polar surface area (TPSA) is 86.7 Å². The first-order valence-electron chi connectivity index (χ1n) is 8.79. The first-order chi connectivity index (χ1) is 13.0. The lowest BCUT2D eigenvalue weighted by Gasteiger charge is -2.13. The van der Waals surface area contributed by atoms with Crippen LogP contribution in [0.1, 0.15) is 19.7 Å². The highest BCUT2D eigenvalue weighted by atomic mass is 16.4. The minimum absolute atomic E-state index is 0.00632. The molecule has 0 saturated carbocycles. The van der Waals surface area contributed by atoms with Gasteiger partial charge in [-0.25, -0.2) is 4.98 Å². The van der Waals surface area contributed by atoms with Crippen LogP contribution < -0.4 is 5.56 Å². The predicted molar refractivity (Wildman–Crippen MR) is 100 cm³/mol. The van der Waals surface area contributed by atoms with Gasteiger partial charge in [0.15, 0.2) is 0 Å². The van der Waals surface area contributed by atoms with Crippen molar-refractivity contribution in [2.75, 3.05) is 0 Å². The molecule has 0 saturated heterocycles. The second-order valence-corrected chi connectivity index (χ2v) is 7.62. The average molecular weight is 359 g/mol. The zero-order chi connectivity index (χ0) is 18.6. The molecule has 0 unspecified atom stereocenters. The van der Waals surface area contributed by atoms with Crippen molar-refractivity contribution >= 4 is 10.9 Å². The Bertz CT molecular complexity index is 1220. The van der Waals surface area contributed by atoms with Crippen molar-refractivity contribution in [2.24, 2.45) is 5.41 Å². The highest BCUT2D eigenvalue weighted by Gasteiger charge is 2.31. The average Bonchev–Trinajstić information content (AvgIpc) is 3.26. The van der Waals surface area contributed by atoms with Gasteiger partial charge in [-0.05, 0) is 35.7 Å². The second kappa shape index (κ2) is 5.57. The molecule has 0 fully saturated rings. The van der Waals surface area contributed by atoms with Crippen molar-refractivity contribution in [2.45, 2.75) is 26.8 Å². The highest BCUT2D eigenvalue weighted by molar-refractivity contribution is 5.82. The van der Waals surface area contributed by atoms with Gasteiger partial charge < -0.3 is 4.42 Å². The van der Waals surface area contributed by atoms with E-state index in [1.165, 1.54) is 0 Å². The molecule has 1 aliphatic rings. The Hall–Kier alpha value is -3.35. The van der Waals surface area contributed by atoms with Gasteiger partial charge in [0.05, 0.1) is 10.9 Å². The molecule has 0 spiro atoms. The maximum Gasteiger partial charge on any atom is 0.266 e. The normalized spacial score (nSPS) is 15.2. The van der Waals surface area contributed by atoms with E-state index in [4.69, 9.17) is 9.40 Å². The Kier molecular flexibility index (Phi) is 3.28. The summed E-state index contributed by atoms with van der Waals surface area (Å²) in [6, 6.07) is 10.9. The smallest absolute Gasteiger partial charge is 0.266 e. The number of pyridine rings is 1. The summed E-state index contributed by atoms with van der Waals surface area (Å²) in [5.41, 5.74) is 2.05. The minimum Gasteiger partial charge on any atom is -0.415 e. The standard InChI is InChI=1S/C20H17N5O2/c1-20(2)10-16-22-15-9-12(6-7-13(15)19(26)25(16)11-20)17-23-24-18(27-17)14-5-3-4-8-21-14/h3-9H,10-11H2,1-2H3. The first kappa shape index (κ1) is 15.9. The summed E-state index contributed by atoms with van der Waals surface area (Å²) in [5.74, 6) is 1.56. The van der Waals surface area contributed by atoms with E-state index in [1.54, 1.807) is 16.8 Å². The lowest BCUT2D eigenvalue weighted by Crippen LogP contribution is -2.22. The number of aromatic nitrogens is 5. The maximum absolute atomic E-state index is 12.8. The number of hydrogen-bond acceptors (Lipinski definition) is 6. The van der Waals surface area contributed by atoms with Crippen LogP contribution in [0.5, 0.6) is 0 Å². The van der Waals surface area contributed by atoms with Gasteiger partial charge in [0.1, 0.15) is 11.5 Å². The zero-order valence-corrected chi connectivity index (χ0v) is 15.0. The summed E-state index contributed by atoms with van der Waals surface area (Å²) < 4.78 is 7.55. The maximum atomic E-state index is 12.8. The van der Waals surface area contributed by atoms with Crippen LogP contribution in [-0.2, 0) is 13.0 Å². The molecule has 7 nitrogen and oxygen atoms in total. The van der Waals surface area contributed by atoms with Gasteiger partial charge in [0.2, 0.25) is 5.89 Å². The van der Waals surface area contributed by atoms with E-state index in [2.05, 4.69) is 29.0 Å². The van der Waals surface area contributed by atoms with E-state index in [-0.39, 0.29) is 11.0 Å². The van der Waals surface area contributed by atoms with Crippen LogP contribution in [0.4, 0.5) is 0 Å². The summed E-state index contributed by atoms with van der Waals surface area (Å²) >= 11 is 0. The lowest BCUT2D eigenvalue weighted by atomic mass is 9.92. The molecule has 0 amide bonds. The number of benzene rings is 1. The monoisotopic (exact) mass is 359 g/mol. The molecule has 4 heterocycles. The molecule has 27 heavy (non-hydrogen) atoms. The van der Waals surface area contributed by atoms with Gasteiger partial charge in [-0.1, -0.05) is 19.9 Å². The largest absolute Gasteiger partial charge is 0.415 e. The second-order valence-electron chi connectivity index (χ2n) is 7.62. The van der Waals surface area contributed by atoms with Crippen LogP contribution in [0.25, 0.3) is 33.9 Å². The zero-order valence-electron chi connectivity index (χ0n) is 15.0. The van der Waals surface area contributed by atoms with Crippen LogP contribution in [0.15, 0.2) is 51.8 Å². The van der Waals surface area contributed by atoms with Gasteiger partial charge in [0.25, 0.3) is 11.4 Å². The van der Waals surface area contributed by atoms with Crippen molar-refractivity contribution in [3.05, 3.63) is 58.8 Å². The third kappa shape index (κ3) is 2.63. The van der Waals surface area contributed by atoms with Crippen LogP contribution >= 0.6 is 0 Å². The van der Waals surface area contributed by atoms with Crippen LogP contribution in [0.2, 0.25) is 0 Å². The molecule has 3 aromatic heterocycles. The summed E-state index contributed by atoms with van der Waals surface area (Å²) in [5, 5.41) is 8.79. The van der Waals surface area contributed by atoms with Gasteiger partial charge in [-0.15, -0.1) is 10.2 Å². The summed E-state index contributed by atoms with van der Waals surface area (Å²) in [7, 11) is 0. The quantitative estimate of drug-likeness (QED) is 0.547. The van der Waals surface area contributed by atoms with E-state index in [1.807, 2.05) is 30.3 Å². The number of rotatable bonds is 2. The number of fused-ring (bicyclic) bond motifs is 2. The molecular weight excluding hydrogens is 342 g/mol. The fourth-order valence-corrected chi connectivity index (χ4v) is 3.54. The Labute approximate surface area is 154 Å². The fourth-order valence-electron chi connectivity index (χ4n) is 3.54. The molecule has 0 radical (unpaired) electrons. The number of hydrogen-bond donors (Lipinski definition) is 0. The molecule has 0 aliphatic carbocycles. The van der Waals surface area contributed by atoms with E-state index in [0.29, 0.717) is 34.9 Å². The summed E-state index contributed by atoms with van der Waals surface area (Å²) in [6.45, 7) is 4.99. The van der Waals surface area contributed by atoms with Crippen molar-refractivity contribution in [1.82, 2.24) is 24.7 Å². The van der Waals surface area contributed by atoms with E-state index >= 15 is 0 Å². The van der Waals surface area contributed by atoms with Gasteiger partial charge in [-0.2, -0.15) is 0 Å². The van der Waals surface area contributed by atoms with Crippen molar-refractivity contribution in [1.29, 1.82) is 0 Å². The van der Waals surface area contributed by atoms with Crippen LogP contribution in [0.3, 0.4) is 0 Å². The van der Waals surface area contributed by atoms with Gasteiger partial charge in [-0.3, -0.25) is 14.3 Å². The molecule has 0 bridgehead atoms. The summed E-state index contributed by atoms with van der Waals surface area (Å²) in [4.78, 5) is 21.8. The highest BCUT2D eigenvalue weighted by Crippen LogP contribution is 2.31. The Balaban J connectivity index is 1.59. The molecule has 134 valence electrons. The molecule has 7 heteroatoms. The van der Waals surface area contributed by atoms with Crippen LogP contribution in [0, 0.1) is 5.41 Å². The van der Waals surface area contributed by atoms with Gasteiger partial charge >= 0.3 is 0 Å². The van der Waals surface area contributed by atoms with Crippen molar-refractivity contribution < 1.29 is 4.42 Å². The Morgan fingerprint density at radius 1 is 1.11 bits per heavy atom. The van der Waals surface area contributed by atoms with Gasteiger partial charge in [0, 0.05) is 24.7 Å². The minimum atomic E-state index is 0.00632. The molecule has 4 aromatic rings. The predicted octanol–water partition coefficient (Wildman–Crippen LogP) is 3.09. The Morgan fingerprint density at radius 2 is 1.96 bits per heavy atom. The van der Waals surface area contributed by atoms with Crippen LogP contribution in [-0.4, -0.2) is 24.7 Å². The third-order valence-corrected chi connectivity index (χ3v) is 4.81. The van der Waals surface area contributed by atoms with Crippen molar-refractivity contribution in [3.8, 4) is 23.0 Å². The van der Waals surface area contributed by atoms with E-state index in [0.717, 1.165) is 17.8 Å². The molecule has 1 aliphatic heterocycles. The lowest BCUT2D eigenvalue weighted by molar-refractivity contribution is 0.357. The molecule has 1 aromatic carbocycles. The number of nitrogens with zero attached hydrogens (tertiary/aromatic N) is 5. The van der Waals surface area contributed by atoms with E-state index < -0.39 is 0 Å². The molecular formula is C20H17N5O2. The molecule has 5 rings (SSSR count). The molecule has 0 N–H and O–H groups in total. The SMILES string of the molecule is CC1(C)Cc2nc3cc(-c4nnc(-c5ccccn5)o4)ccc3c(=O)n2C1. The Morgan fingerprint density at radius 3 is 2.78 bits per heavy atom. The van der Waals surface area contributed by atoms with E-state index in [9.17, 15) is 4.79 Å². The fraction of sp³-hybridized carbons (Fsp3) is 0.250. The summed E-state index contributed by atoms with van der Waals surface area (Å²) in [6.07, 6.45) is 2.46. The third-order valence-electron chi connectivity index (χ3n) is 4.81. The molecule has 0 atom stereocenters. The van der Waals surface area contributed by atoms with Crippen molar-refractivity contribution in [3.63, 3.8) is 0 Å².